The number of hydrogen-bond acceptors (Lipinski definition) is 4. The Morgan fingerprint density at radius 1 is 1.56 bits per heavy atom. The zero-order chi connectivity index (χ0) is 13.4. The summed E-state index contributed by atoms with van der Waals surface area (Å²) in [4.78, 5) is 16.0. The lowest BCUT2D eigenvalue weighted by Crippen LogP contribution is -2.38. The van der Waals surface area contributed by atoms with Crippen LogP contribution in [-0.4, -0.2) is 28.8 Å². The number of aromatic nitrogens is 1. The number of aliphatic hydroxyl groups is 1. The third-order valence-corrected chi connectivity index (χ3v) is 3.39. The standard InChI is InChI=1S/C12H21N3O2S/c1-3-5-10-8-18-12(14-10)15-11(17)13-9(4-2)6-7-16/h8-9,16H,3-7H2,1-2H3,(H2,13,14,15,17). The van der Waals surface area contributed by atoms with Crippen LogP contribution in [-0.2, 0) is 6.42 Å². The predicted octanol–water partition coefficient (Wildman–Crippen LogP) is 2.38. The van der Waals surface area contributed by atoms with E-state index in [0.29, 0.717) is 11.6 Å². The second-order valence-electron chi connectivity index (χ2n) is 4.11. The Morgan fingerprint density at radius 3 is 2.94 bits per heavy atom. The zero-order valence-electron chi connectivity index (χ0n) is 10.9. The fraction of sp³-hybridized carbons (Fsp3) is 0.667. The summed E-state index contributed by atoms with van der Waals surface area (Å²) in [6.07, 6.45) is 3.35. The van der Waals surface area contributed by atoms with Crippen LogP contribution < -0.4 is 10.6 Å². The van der Waals surface area contributed by atoms with E-state index in [2.05, 4.69) is 22.5 Å². The van der Waals surface area contributed by atoms with Crippen molar-refractivity contribution in [2.24, 2.45) is 0 Å². The fourth-order valence-electron chi connectivity index (χ4n) is 1.59. The lowest BCUT2D eigenvalue weighted by molar-refractivity contribution is 0.237. The molecule has 0 bridgehead atoms. The maximum absolute atomic E-state index is 11.7. The first-order chi connectivity index (χ1) is 8.69. The monoisotopic (exact) mass is 271 g/mol. The van der Waals surface area contributed by atoms with Gasteiger partial charge in [0.1, 0.15) is 0 Å². The van der Waals surface area contributed by atoms with E-state index in [-0.39, 0.29) is 18.7 Å². The van der Waals surface area contributed by atoms with Crippen LogP contribution in [0.1, 0.15) is 38.8 Å². The van der Waals surface area contributed by atoms with Gasteiger partial charge in [-0.05, 0) is 19.3 Å². The van der Waals surface area contributed by atoms with Gasteiger partial charge in [0, 0.05) is 18.0 Å². The van der Waals surface area contributed by atoms with Gasteiger partial charge < -0.3 is 10.4 Å². The van der Waals surface area contributed by atoms with Crippen LogP contribution in [0, 0.1) is 0 Å². The summed E-state index contributed by atoms with van der Waals surface area (Å²) in [5.74, 6) is 0. The van der Waals surface area contributed by atoms with Gasteiger partial charge in [-0.1, -0.05) is 20.3 Å². The Hall–Kier alpha value is -1.14. The van der Waals surface area contributed by atoms with Crippen molar-refractivity contribution in [2.45, 2.75) is 45.6 Å². The highest BCUT2D eigenvalue weighted by molar-refractivity contribution is 7.13. The lowest BCUT2D eigenvalue weighted by Gasteiger charge is -2.15. The van der Waals surface area contributed by atoms with Crippen LogP contribution in [0.5, 0.6) is 0 Å². The number of aliphatic hydroxyl groups excluding tert-OH is 1. The Labute approximate surface area is 112 Å². The number of thiazole rings is 1. The molecule has 0 aliphatic rings. The van der Waals surface area contributed by atoms with Gasteiger partial charge in [-0.2, -0.15) is 0 Å². The van der Waals surface area contributed by atoms with Crippen LogP contribution >= 0.6 is 11.3 Å². The molecule has 102 valence electrons. The lowest BCUT2D eigenvalue weighted by atomic mass is 10.2. The molecular formula is C12H21N3O2S. The number of nitrogens with zero attached hydrogens (tertiary/aromatic N) is 1. The molecule has 3 N–H and O–H groups in total. The second kappa shape index (κ2) is 8.05. The van der Waals surface area contributed by atoms with Gasteiger partial charge in [0.05, 0.1) is 5.69 Å². The summed E-state index contributed by atoms with van der Waals surface area (Å²) in [5, 5.41) is 17.0. The van der Waals surface area contributed by atoms with Crippen LogP contribution in [0.2, 0.25) is 0 Å². The third-order valence-electron chi connectivity index (χ3n) is 2.58. The van der Waals surface area contributed by atoms with Crippen molar-refractivity contribution < 1.29 is 9.90 Å². The number of amides is 2. The van der Waals surface area contributed by atoms with Gasteiger partial charge >= 0.3 is 6.03 Å². The molecule has 1 unspecified atom stereocenters. The Balaban J connectivity index is 2.42. The van der Waals surface area contributed by atoms with E-state index in [0.717, 1.165) is 25.0 Å². The van der Waals surface area contributed by atoms with Gasteiger partial charge in [0.2, 0.25) is 0 Å². The number of hydrogen-bond donors (Lipinski definition) is 3. The number of carbonyl (C=O) groups excluding carboxylic acids is 1. The van der Waals surface area contributed by atoms with Crippen molar-refractivity contribution in [3.8, 4) is 0 Å². The highest BCUT2D eigenvalue weighted by atomic mass is 32.1. The van der Waals surface area contributed by atoms with Crippen molar-refractivity contribution in [1.29, 1.82) is 0 Å². The highest BCUT2D eigenvalue weighted by Gasteiger charge is 2.11. The minimum Gasteiger partial charge on any atom is -0.396 e. The van der Waals surface area contributed by atoms with E-state index in [1.807, 2.05) is 12.3 Å². The van der Waals surface area contributed by atoms with E-state index in [1.165, 1.54) is 11.3 Å². The molecule has 0 spiro atoms. The SMILES string of the molecule is CCCc1csc(NC(=O)NC(CC)CCO)n1. The quantitative estimate of drug-likeness (QED) is 0.713. The van der Waals surface area contributed by atoms with E-state index in [1.54, 1.807) is 0 Å². The maximum atomic E-state index is 11.7. The molecule has 0 aliphatic carbocycles. The molecule has 0 saturated heterocycles. The molecule has 1 heterocycles. The molecule has 6 heteroatoms. The van der Waals surface area contributed by atoms with E-state index in [9.17, 15) is 4.79 Å². The largest absolute Gasteiger partial charge is 0.396 e. The van der Waals surface area contributed by atoms with Crippen molar-refractivity contribution in [2.75, 3.05) is 11.9 Å². The van der Waals surface area contributed by atoms with Crippen molar-refractivity contribution in [3.63, 3.8) is 0 Å². The molecular weight excluding hydrogens is 250 g/mol. The molecule has 0 fully saturated rings. The molecule has 1 rings (SSSR count). The first kappa shape index (κ1) is 14.9. The number of anilines is 1. The molecule has 0 radical (unpaired) electrons. The third kappa shape index (κ3) is 5.01. The van der Waals surface area contributed by atoms with E-state index < -0.39 is 0 Å². The first-order valence-electron chi connectivity index (χ1n) is 6.32. The number of aryl methyl sites for hydroxylation is 1. The van der Waals surface area contributed by atoms with E-state index in [4.69, 9.17) is 5.11 Å². The summed E-state index contributed by atoms with van der Waals surface area (Å²) in [6.45, 7) is 4.15. The van der Waals surface area contributed by atoms with Crippen molar-refractivity contribution in [3.05, 3.63) is 11.1 Å². The molecule has 1 aromatic rings. The molecule has 0 saturated carbocycles. The van der Waals surface area contributed by atoms with Gasteiger partial charge in [-0.3, -0.25) is 5.32 Å². The Morgan fingerprint density at radius 2 is 2.33 bits per heavy atom. The molecule has 1 atom stereocenters. The van der Waals surface area contributed by atoms with Crippen LogP contribution in [0.4, 0.5) is 9.93 Å². The normalized spacial score (nSPS) is 12.2. The predicted molar refractivity (Wildman–Crippen MR) is 74.0 cm³/mol. The van der Waals surface area contributed by atoms with E-state index >= 15 is 0 Å². The van der Waals surface area contributed by atoms with Gasteiger partial charge in [0.25, 0.3) is 0 Å². The summed E-state index contributed by atoms with van der Waals surface area (Å²) >= 11 is 1.43. The van der Waals surface area contributed by atoms with Gasteiger partial charge in [-0.25, -0.2) is 9.78 Å². The Bertz CT molecular complexity index is 368. The minimum absolute atomic E-state index is 0.00470. The van der Waals surface area contributed by atoms with Crippen LogP contribution in [0.15, 0.2) is 5.38 Å². The maximum Gasteiger partial charge on any atom is 0.321 e. The average Bonchev–Trinajstić information content (AvgIpc) is 2.76. The van der Waals surface area contributed by atoms with Gasteiger partial charge in [0.15, 0.2) is 5.13 Å². The summed E-state index contributed by atoms with van der Waals surface area (Å²) in [6, 6.07) is -0.252. The molecule has 18 heavy (non-hydrogen) atoms. The number of nitrogens with one attached hydrogen (secondary N) is 2. The van der Waals surface area contributed by atoms with Gasteiger partial charge in [-0.15, -0.1) is 11.3 Å². The first-order valence-corrected chi connectivity index (χ1v) is 7.20. The minimum atomic E-state index is -0.257. The molecule has 2 amide bonds. The van der Waals surface area contributed by atoms with Crippen LogP contribution in [0.25, 0.3) is 0 Å². The fourth-order valence-corrected chi connectivity index (χ4v) is 2.33. The smallest absolute Gasteiger partial charge is 0.321 e. The second-order valence-corrected chi connectivity index (χ2v) is 4.97. The molecule has 0 aliphatic heterocycles. The average molecular weight is 271 g/mol. The summed E-state index contributed by atoms with van der Waals surface area (Å²) in [7, 11) is 0. The number of carbonyl (C=O) groups is 1. The van der Waals surface area contributed by atoms with Crippen LogP contribution in [0.3, 0.4) is 0 Å². The Kier molecular flexibility index (Phi) is 6.67. The summed E-state index contributed by atoms with van der Waals surface area (Å²) in [5.41, 5.74) is 1.01. The highest BCUT2D eigenvalue weighted by Crippen LogP contribution is 2.16. The number of rotatable bonds is 7. The van der Waals surface area contributed by atoms with Crippen molar-refractivity contribution in [1.82, 2.24) is 10.3 Å². The molecule has 1 aromatic heterocycles. The molecule has 0 aromatic carbocycles. The number of urea groups is 1. The topological polar surface area (TPSA) is 74.2 Å². The zero-order valence-corrected chi connectivity index (χ0v) is 11.7. The van der Waals surface area contributed by atoms with Crippen molar-refractivity contribution >= 4 is 22.5 Å². The molecule has 5 nitrogen and oxygen atoms in total. The summed E-state index contributed by atoms with van der Waals surface area (Å²) < 4.78 is 0.